The number of rotatable bonds is 8. The van der Waals surface area contributed by atoms with Crippen molar-refractivity contribution in [3.05, 3.63) is 17.7 Å². The zero-order valence-corrected chi connectivity index (χ0v) is 13.8. The lowest BCUT2D eigenvalue weighted by molar-refractivity contribution is 0.122. The molecule has 0 amide bonds. The first-order valence-electron chi connectivity index (χ1n) is 6.04. The van der Waals surface area contributed by atoms with Crippen LogP contribution in [0.4, 0.5) is 0 Å². The molecule has 114 valence electrons. The van der Waals surface area contributed by atoms with Gasteiger partial charge in [-0.2, -0.15) is 0 Å². The van der Waals surface area contributed by atoms with Crippen molar-refractivity contribution in [3.63, 3.8) is 0 Å². The van der Waals surface area contributed by atoms with Crippen LogP contribution in [0.15, 0.2) is 12.1 Å². The highest BCUT2D eigenvalue weighted by Crippen LogP contribution is 2.36. The third-order valence-electron chi connectivity index (χ3n) is 3.13. The van der Waals surface area contributed by atoms with Crippen molar-refractivity contribution in [1.82, 2.24) is 0 Å². The summed E-state index contributed by atoms with van der Waals surface area (Å²) in [5, 5.41) is 0. The predicted molar refractivity (Wildman–Crippen MR) is 76.6 cm³/mol. The third-order valence-corrected chi connectivity index (χ3v) is 5.81. The molecule has 0 heterocycles. The van der Waals surface area contributed by atoms with E-state index in [1.165, 1.54) is 0 Å². The number of ether oxygens (including phenoxy) is 3. The molecule has 1 aromatic carbocycles. The molecule has 0 fully saturated rings. The summed E-state index contributed by atoms with van der Waals surface area (Å²) in [4.78, 5) is 0. The van der Waals surface area contributed by atoms with Crippen LogP contribution in [0.25, 0.3) is 0 Å². The van der Waals surface area contributed by atoms with E-state index in [0.717, 1.165) is 5.56 Å². The minimum absolute atomic E-state index is 0.472. The maximum atomic E-state index is 5.44. The van der Waals surface area contributed by atoms with Crippen LogP contribution < -0.4 is 14.2 Å². The van der Waals surface area contributed by atoms with Gasteiger partial charge < -0.3 is 27.5 Å². The van der Waals surface area contributed by atoms with E-state index in [4.69, 9.17) is 27.5 Å². The largest absolute Gasteiger partial charge is 0.504 e. The van der Waals surface area contributed by atoms with Gasteiger partial charge in [-0.3, -0.25) is 0 Å². The van der Waals surface area contributed by atoms with E-state index in [-0.39, 0.29) is 0 Å². The molecule has 1 aromatic rings. The van der Waals surface area contributed by atoms with Crippen LogP contribution in [0.1, 0.15) is 5.56 Å². The maximum Gasteiger partial charge on any atom is 0.504 e. The van der Waals surface area contributed by atoms with Crippen molar-refractivity contribution >= 4 is 8.80 Å². The van der Waals surface area contributed by atoms with E-state index in [1.54, 1.807) is 48.7 Å². The van der Waals surface area contributed by atoms with E-state index in [0.29, 0.717) is 23.3 Å². The van der Waals surface area contributed by atoms with Crippen molar-refractivity contribution in [2.75, 3.05) is 42.7 Å². The number of methoxy groups -OCH3 is 3. The second kappa shape index (κ2) is 7.49. The summed E-state index contributed by atoms with van der Waals surface area (Å²) < 4.78 is 32.3. The normalized spacial score (nSPS) is 11.3. The van der Waals surface area contributed by atoms with Gasteiger partial charge in [0.2, 0.25) is 0 Å². The molecule has 0 saturated heterocycles. The van der Waals surface area contributed by atoms with Gasteiger partial charge in [0.1, 0.15) is 5.75 Å². The lowest BCUT2D eigenvalue weighted by Gasteiger charge is -2.25. The minimum Gasteiger partial charge on any atom is -0.496 e. The second-order valence-electron chi connectivity index (χ2n) is 3.99. The second-order valence-corrected chi connectivity index (χ2v) is 6.94. The molecule has 0 bridgehead atoms. The van der Waals surface area contributed by atoms with Gasteiger partial charge in [0, 0.05) is 39.0 Å². The Morgan fingerprint density at radius 1 is 0.700 bits per heavy atom. The average molecular weight is 302 g/mol. The molecule has 1 rings (SSSR count). The summed E-state index contributed by atoms with van der Waals surface area (Å²) in [6.45, 7) is 0. The lowest BCUT2D eigenvalue weighted by Crippen LogP contribution is -2.45. The Morgan fingerprint density at radius 3 is 1.55 bits per heavy atom. The van der Waals surface area contributed by atoms with Crippen LogP contribution in [0.5, 0.6) is 17.2 Å². The summed E-state index contributed by atoms with van der Waals surface area (Å²) >= 11 is 0. The molecule has 0 aromatic heterocycles. The van der Waals surface area contributed by atoms with Crippen molar-refractivity contribution in [1.29, 1.82) is 0 Å². The van der Waals surface area contributed by atoms with E-state index in [2.05, 4.69) is 0 Å². The Kier molecular flexibility index (Phi) is 6.28. The highest BCUT2D eigenvalue weighted by Gasteiger charge is 2.39. The van der Waals surface area contributed by atoms with Crippen LogP contribution >= 0.6 is 0 Å². The number of hydrogen-bond acceptors (Lipinski definition) is 6. The monoisotopic (exact) mass is 302 g/mol. The topological polar surface area (TPSA) is 55.4 Å². The molecule has 0 atom stereocenters. The van der Waals surface area contributed by atoms with E-state index in [9.17, 15) is 0 Å². The molecule has 20 heavy (non-hydrogen) atoms. The Bertz CT molecular complexity index is 425. The molecular weight excluding hydrogens is 280 g/mol. The molecule has 6 nitrogen and oxygen atoms in total. The van der Waals surface area contributed by atoms with Crippen LogP contribution in [0.2, 0.25) is 0 Å². The fourth-order valence-electron chi connectivity index (χ4n) is 1.93. The van der Waals surface area contributed by atoms with Crippen LogP contribution in [0.3, 0.4) is 0 Å². The molecule has 7 heteroatoms. The summed E-state index contributed by atoms with van der Waals surface area (Å²) in [6.07, 6.45) is 0. The van der Waals surface area contributed by atoms with Crippen LogP contribution in [-0.4, -0.2) is 51.5 Å². The van der Waals surface area contributed by atoms with Gasteiger partial charge in [-0.25, -0.2) is 0 Å². The van der Waals surface area contributed by atoms with Gasteiger partial charge in [0.25, 0.3) is 0 Å². The van der Waals surface area contributed by atoms with Crippen molar-refractivity contribution in [3.8, 4) is 17.2 Å². The number of benzene rings is 1. The van der Waals surface area contributed by atoms with Crippen LogP contribution in [0, 0.1) is 0 Å². The summed E-state index contributed by atoms with van der Waals surface area (Å²) in [6, 6.07) is 4.09. The minimum atomic E-state index is -2.75. The first kappa shape index (κ1) is 16.8. The first-order valence-corrected chi connectivity index (χ1v) is 7.97. The Hall–Kier alpha value is -1.28. The molecule has 0 aliphatic carbocycles. The van der Waals surface area contributed by atoms with Gasteiger partial charge in [-0.1, -0.05) is 0 Å². The molecule has 0 radical (unpaired) electrons. The number of hydrogen-bond donors (Lipinski definition) is 0. The summed E-state index contributed by atoms with van der Waals surface area (Å²) in [5.41, 5.74) is 0.877. The quantitative estimate of drug-likeness (QED) is 0.681. The lowest BCUT2D eigenvalue weighted by atomic mass is 10.2. The molecule has 0 N–H and O–H groups in total. The van der Waals surface area contributed by atoms with E-state index >= 15 is 0 Å². The predicted octanol–water partition coefficient (Wildman–Crippen LogP) is 1.67. The summed E-state index contributed by atoms with van der Waals surface area (Å²) in [5.74, 6) is 1.90. The van der Waals surface area contributed by atoms with Crippen molar-refractivity contribution < 1.29 is 27.5 Å². The Balaban J connectivity index is 3.22. The smallest absolute Gasteiger partial charge is 0.496 e. The Labute approximate surface area is 120 Å². The van der Waals surface area contributed by atoms with Gasteiger partial charge >= 0.3 is 8.80 Å². The SMILES string of the molecule is COc1cc(OC)c(OC)cc1C[Si](OC)(OC)OC. The zero-order valence-electron chi connectivity index (χ0n) is 12.8. The summed E-state index contributed by atoms with van der Waals surface area (Å²) in [7, 11) is 6.74. The standard InChI is InChI=1S/C13H22O6Si/c1-14-11-8-13(16-3)12(15-2)7-10(11)9-20(17-4,18-5)19-6/h7-8H,9H2,1-6H3. The van der Waals surface area contributed by atoms with E-state index in [1.807, 2.05) is 6.07 Å². The van der Waals surface area contributed by atoms with Gasteiger partial charge in [0.05, 0.1) is 21.3 Å². The molecule has 0 aliphatic rings. The highest BCUT2D eigenvalue weighted by molar-refractivity contribution is 6.60. The van der Waals surface area contributed by atoms with Crippen molar-refractivity contribution in [2.24, 2.45) is 0 Å². The molecule has 0 unspecified atom stereocenters. The zero-order chi connectivity index (χ0) is 15.2. The van der Waals surface area contributed by atoms with Gasteiger partial charge in [0.15, 0.2) is 11.5 Å². The van der Waals surface area contributed by atoms with Crippen LogP contribution in [-0.2, 0) is 19.3 Å². The fourth-order valence-corrected chi connectivity index (χ4v) is 3.61. The third kappa shape index (κ3) is 3.43. The molecule has 0 saturated carbocycles. The average Bonchev–Trinajstić information content (AvgIpc) is 2.52. The van der Waals surface area contributed by atoms with E-state index < -0.39 is 8.80 Å². The van der Waals surface area contributed by atoms with Crippen molar-refractivity contribution in [2.45, 2.75) is 6.04 Å². The molecule has 0 aliphatic heterocycles. The molecule has 0 spiro atoms. The first-order chi connectivity index (χ1) is 9.59. The molecular formula is C13H22O6Si. The highest BCUT2D eigenvalue weighted by atomic mass is 28.4. The van der Waals surface area contributed by atoms with Gasteiger partial charge in [-0.05, 0) is 6.07 Å². The fraction of sp³-hybridized carbons (Fsp3) is 0.538. The Morgan fingerprint density at radius 2 is 1.15 bits per heavy atom. The maximum absolute atomic E-state index is 5.44. The van der Waals surface area contributed by atoms with Gasteiger partial charge in [-0.15, -0.1) is 0 Å².